The van der Waals surface area contributed by atoms with Crippen LogP contribution in [0.2, 0.25) is 0 Å². The van der Waals surface area contributed by atoms with Gasteiger partial charge in [-0.1, -0.05) is 76.2 Å². The van der Waals surface area contributed by atoms with Crippen molar-refractivity contribution >= 4 is 10.8 Å². The molecule has 0 heterocycles. The topological polar surface area (TPSA) is 0 Å². The molecule has 4 atom stereocenters. The Hall–Kier alpha value is -1.77. The minimum absolute atomic E-state index is 0.0400. The molecule has 3 heteroatoms. The van der Waals surface area contributed by atoms with Gasteiger partial charge in [0.25, 0.3) is 0 Å². The van der Waals surface area contributed by atoms with Gasteiger partial charge < -0.3 is 0 Å². The van der Waals surface area contributed by atoms with Gasteiger partial charge in [0.15, 0.2) is 11.6 Å². The molecule has 0 aliphatic heterocycles. The van der Waals surface area contributed by atoms with E-state index in [0.29, 0.717) is 35.3 Å². The van der Waals surface area contributed by atoms with E-state index >= 15 is 13.2 Å². The maximum atomic E-state index is 15.3. The molecule has 192 valence electrons. The fraction of sp³-hybridized carbons (Fsp3) is 0.625. The summed E-state index contributed by atoms with van der Waals surface area (Å²) in [6, 6.07) is 5.25. The molecule has 2 aromatic carbocycles. The zero-order valence-electron chi connectivity index (χ0n) is 21.7. The molecular formula is C32H43F3. The molecule has 4 rings (SSSR count). The number of rotatable bonds is 10. The molecule has 0 N–H and O–H groups in total. The fourth-order valence-electron chi connectivity index (χ4n) is 6.91. The van der Waals surface area contributed by atoms with E-state index in [1.165, 1.54) is 57.8 Å². The van der Waals surface area contributed by atoms with E-state index in [9.17, 15) is 0 Å². The van der Waals surface area contributed by atoms with Crippen LogP contribution in [-0.4, -0.2) is 0 Å². The van der Waals surface area contributed by atoms with E-state index in [-0.39, 0.29) is 11.3 Å². The second-order valence-electron chi connectivity index (χ2n) is 11.3. The Kier molecular flexibility index (Phi) is 9.36. The highest BCUT2D eigenvalue weighted by atomic mass is 19.2. The second kappa shape index (κ2) is 12.5. The number of unbranched alkanes of at least 4 members (excludes halogenated alkanes) is 4. The first-order valence-corrected chi connectivity index (χ1v) is 14.2. The number of fused-ring (bicyclic) bond motifs is 2. The maximum Gasteiger partial charge on any atom is 0.169 e. The van der Waals surface area contributed by atoms with Crippen molar-refractivity contribution in [3.63, 3.8) is 0 Å². The van der Waals surface area contributed by atoms with Crippen LogP contribution in [0, 0.1) is 35.2 Å². The van der Waals surface area contributed by atoms with Crippen LogP contribution in [0.15, 0.2) is 30.4 Å². The van der Waals surface area contributed by atoms with Gasteiger partial charge in [0.2, 0.25) is 0 Å². The third-order valence-electron chi connectivity index (χ3n) is 8.92. The van der Waals surface area contributed by atoms with Gasteiger partial charge in [-0.2, -0.15) is 0 Å². The van der Waals surface area contributed by atoms with Crippen molar-refractivity contribution in [3.05, 3.63) is 58.9 Å². The van der Waals surface area contributed by atoms with E-state index in [1.54, 1.807) is 18.2 Å². The number of benzene rings is 2. The third kappa shape index (κ3) is 6.15. The highest BCUT2D eigenvalue weighted by molar-refractivity contribution is 5.85. The fourth-order valence-corrected chi connectivity index (χ4v) is 6.91. The van der Waals surface area contributed by atoms with E-state index in [2.05, 4.69) is 6.92 Å². The van der Waals surface area contributed by atoms with Crippen LogP contribution in [0.5, 0.6) is 0 Å². The molecular weight excluding hydrogens is 441 g/mol. The molecule has 0 nitrogen and oxygen atoms in total. The van der Waals surface area contributed by atoms with Crippen molar-refractivity contribution in [1.82, 2.24) is 0 Å². The molecule has 2 aliphatic rings. The molecule has 2 fully saturated rings. The van der Waals surface area contributed by atoms with Gasteiger partial charge in [-0.25, -0.2) is 13.2 Å². The number of hydrogen-bond donors (Lipinski definition) is 0. The van der Waals surface area contributed by atoms with Crippen LogP contribution < -0.4 is 0 Å². The Morgan fingerprint density at radius 1 is 0.857 bits per heavy atom. The molecule has 0 aromatic heterocycles. The van der Waals surface area contributed by atoms with Gasteiger partial charge in [-0.05, 0) is 98.1 Å². The largest absolute Gasteiger partial charge is 0.206 e. The van der Waals surface area contributed by atoms with Crippen LogP contribution in [0.25, 0.3) is 10.8 Å². The van der Waals surface area contributed by atoms with Crippen molar-refractivity contribution in [3.8, 4) is 0 Å². The first-order chi connectivity index (χ1) is 17.0. The van der Waals surface area contributed by atoms with Crippen LogP contribution >= 0.6 is 0 Å². The van der Waals surface area contributed by atoms with Gasteiger partial charge >= 0.3 is 0 Å². The lowest BCUT2D eigenvalue weighted by Gasteiger charge is -2.42. The van der Waals surface area contributed by atoms with Gasteiger partial charge in [-0.15, -0.1) is 0 Å². The van der Waals surface area contributed by atoms with Crippen LogP contribution in [0.1, 0.15) is 114 Å². The summed E-state index contributed by atoms with van der Waals surface area (Å²) < 4.78 is 45.6. The zero-order chi connectivity index (χ0) is 24.8. The Morgan fingerprint density at radius 2 is 1.63 bits per heavy atom. The summed E-state index contributed by atoms with van der Waals surface area (Å²) in [6.07, 6.45) is 20.0. The number of halogens is 3. The summed E-state index contributed by atoms with van der Waals surface area (Å²) in [6.45, 7) is 4.18. The molecule has 2 unspecified atom stereocenters. The minimum Gasteiger partial charge on any atom is -0.206 e. The third-order valence-corrected chi connectivity index (χ3v) is 8.92. The number of allylic oxidation sites excluding steroid dienone is 2. The average Bonchev–Trinajstić information content (AvgIpc) is 2.87. The highest BCUT2D eigenvalue weighted by Gasteiger charge is 2.37. The van der Waals surface area contributed by atoms with Crippen LogP contribution in [-0.2, 0) is 6.42 Å². The summed E-state index contributed by atoms with van der Waals surface area (Å²) >= 11 is 0. The molecule has 0 spiro atoms. The highest BCUT2D eigenvalue weighted by Crippen LogP contribution is 2.49. The predicted molar refractivity (Wildman–Crippen MR) is 141 cm³/mol. The van der Waals surface area contributed by atoms with Crippen LogP contribution in [0.3, 0.4) is 0 Å². The number of aryl methyl sites for hydroxylation is 1. The first kappa shape index (κ1) is 26.3. The molecule has 2 aliphatic carbocycles. The molecule has 0 amide bonds. The van der Waals surface area contributed by atoms with Gasteiger partial charge in [0, 0.05) is 0 Å². The summed E-state index contributed by atoms with van der Waals surface area (Å²) in [5, 5.41) is 0.303. The molecule has 0 radical (unpaired) electrons. The van der Waals surface area contributed by atoms with E-state index in [0.717, 1.165) is 31.1 Å². The lowest BCUT2D eigenvalue weighted by Crippen LogP contribution is -2.30. The smallest absolute Gasteiger partial charge is 0.169 e. The average molecular weight is 485 g/mol. The van der Waals surface area contributed by atoms with Gasteiger partial charge in [-0.3, -0.25) is 0 Å². The monoisotopic (exact) mass is 484 g/mol. The minimum atomic E-state index is -1.00. The molecule has 0 saturated heterocycles. The Labute approximate surface area is 210 Å². The van der Waals surface area contributed by atoms with E-state index < -0.39 is 17.5 Å². The van der Waals surface area contributed by atoms with E-state index in [4.69, 9.17) is 0 Å². The van der Waals surface area contributed by atoms with Gasteiger partial charge in [0.1, 0.15) is 5.82 Å². The van der Waals surface area contributed by atoms with Crippen molar-refractivity contribution in [2.24, 2.45) is 17.8 Å². The van der Waals surface area contributed by atoms with Crippen molar-refractivity contribution in [2.45, 2.75) is 110 Å². The molecule has 0 bridgehead atoms. The zero-order valence-corrected chi connectivity index (χ0v) is 21.7. The standard InChI is InChI=1S/C32H43F3/c1-3-5-7-8-10-11-22-13-14-25-20-26(17-16-24(25)19-22)28-21-27-18-15-23(12-9-6-4-2)30(33)29(27)32(35)31(28)34/h4,6,15,18,21-22,24-26H,3,5,7-14,16-17,19-20H2,1-2H3/b6-4+/t22?,24-,25?,26-/m1/s1. The van der Waals surface area contributed by atoms with E-state index in [1.807, 2.05) is 19.1 Å². The predicted octanol–water partition coefficient (Wildman–Crippen LogP) is 10.4. The summed E-state index contributed by atoms with van der Waals surface area (Å²) in [5.41, 5.74) is 0.914. The Morgan fingerprint density at radius 3 is 2.43 bits per heavy atom. The Bertz CT molecular complexity index is 1010. The van der Waals surface area contributed by atoms with Crippen molar-refractivity contribution in [2.75, 3.05) is 0 Å². The SMILES string of the molecule is C/C=C/CCc1ccc2cc([C@@H]3CC[C@@H]4CC(CCCCCCC)CCC4C3)c(F)c(F)c2c1F. The maximum absolute atomic E-state index is 15.3. The molecule has 2 aromatic rings. The summed E-state index contributed by atoms with van der Waals surface area (Å²) in [5.74, 6) is -0.178. The molecule has 35 heavy (non-hydrogen) atoms. The lowest BCUT2D eigenvalue weighted by atomic mass is 9.63. The summed E-state index contributed by atoms with van der Waals surface area (Å²) in [7, 11) is 0. The van der Waals surface area contributed by atoms with Crippen molar-refractivity contribution < 1.29 is 13.2 Å². The summed E-state index contributed by atoms with van der Waals surface area (Å²) in [4.78, 5) is 0. The van der Waals surface area contributed by atoms with Crippen LogP contribution in [0.4, 0.5) is 13.2 Å². The second-order valence-corrected chi connectivity index (χ2v) is 11.3. The van der Waals surface area contributed by atoms with Crippen molar-refractivity contribution in [1.29, 1.82) is 0 Å². The normalized spacial score (nSPS) is 24.8. The Balaban J connectivity index is 1.42. The lowest BCUT2D eigenvalue weighted by molar-refractivity contribution is 0.112. The first-order valence-electron chi connectivity index (χ1n) is 14.2. The van der Waals surface area contributed by atoms with Gasteiger partial charge in [0.05, 0.1) is 5.39 Å². The molecule has 2 saturated carbocycles. The quantitative estimate of drug-likeness (QED) is 0.232. The number of hydrogen-bond acceptors (Lipinski definition) is 0.